The van der Waals surface area contributed by atoms with Crippen molar-refractivity contribution in [1.82, 2.24) is 0 Å². The number of anilines is 2. The maximum Gasteiger partial charge on any atom is 0.339 e. The normalized spacial score (nSPS) is 17.1. The molecule has 3 rings (SSSR count). The molecule has 0 bridgehead atoms. The Kier molecular flexibility index (Phi) is 5.89. The molecule has 0 radical (unpaired) electrons. The molecule has 0 spiro atoms. The number of fused-ring (bicyclic) bond motifs is 1. The lowest BCUT2D eigenvalue weighted by Gasteiger charge is -2.27. The predicted molar refractivity (Wildman–Crippen MR) is 106 cm³/mol. The molecule has 1 aliphatic rings. The summed E-state index contributed by atoms with van der Waals surface area (Å²) >= 11 is 0. The summed E-state index contributed by atoms with van der Waals surface area (Å²) in [6, 6.07) is 13.0. The monoisotopic (exact) mass is 400 g/mol. The van der Waals surface area contributed by atoms with Crippen molar-refractivity contribution in [2.75, 3.05) is 23.1 Å². The number of hydrogen-bond acceptors (Lipinski definition) is 5. The van der Waals surface area contributed by atoms with Gasteiger partial charge in [-0.1, -0.05) is 24.3 Å². The molecule has 7 nitrogen and oxygen atoms in total. The van der Waals surface area contributed by atoms with Gasteiger partial charge in [-0.15, -0.1) is 0 Å². The lowest BCUT2D eigenvalue weighted by molar-refractivity contribution is -0.122. The maximum atomic E-state index is 12.8. The van der Waals surface area contributed by atoms with Gasteiger partial charge in [0.2, 0.25) is 5.91 Å². The third kappa shape index (κ3) is 4.12. The van der Waals surface area contributed by atoms with Gasteiger partial charge in [-0.25, -0.2) is 4.79 Å². The van der Waals surface area contributed by atoms with E-state index in [2.05, 4.69) is 5.32 Å². The minimum Gasteiger partial charge on any atom is -0.452 e. The summed E-state index contributed by atoms with van der Waals surface area (Å²) in [7, 11) is -1.36. The molecule has 2 aromatic rings. The van der Waals surface area contributed by atoms with Gasteiger partial charge >= 0.3 is 5.97 Å². The summed E-state index contributed by atoms with van der Waals surface area (Å²) < 4.78 is 17.0. The Morgan fingerprint density at radius 3 is 2.61 bits per heavy atom. The van der Waals surface area contributed by atoms with Crippen molar-refractivity contribution in [2.24, 2.45) is 0 Å². The molecule has 8 heteroatoms. The molecule has 0 aromatic heterocycles. The van der Waals surface area contributed by atoms with Crippen LogP contribution in [0.5, 0.6) is 0 Å². The fraction of sp³-hybridized carbons (Fsp3) is 0.250. The number of rotatable bonds is 4. The molecule has 0 saturated carbocycles. The number of ether oxygens (including phenoxy) is 1. The quantitative estimate of drug-likeness (QED) is 0.796. The molecular weight excluding hydrogens is 380 g/mol. The van der Waals surface area contributed by atoms with Crippen LogP contribution in [0, 0.1) is 0 Å². The Balaban J connectivity index is 1.79. The molecule has 1 N–H and O–H groups in total. The number of amides is 2. The first-order valence-corrected chi connectivity index (χ1v) is 10.2. The molecule has 0 unspecified atom stereocenters. The van der Waals surface area contributed by atoms with Crippen molar-refractivity contribution in [2.45, 2.75) is 24.3 Å². The number of benzene rings is 2. The SMILES string of the molecule is C[C@@H]1CC(=O)Nc2ccccc2N1C(=O)COC(=O)c1ccccc1[S@](C)=O. The number of carbonyl (C=O) groups excluding carboxylic acids is 3. The Labute approximate surface area is 165 Å². The second-order valence-electron chi connectivity index (χ2n) is 6.41. The van der Waals surface area contributed by atoms with E-state index in [1.165, 1.54) is 17.2 Å². The van der Waals surface area contributed by atoms with Crippen LogP contribution in [0.4, 0.5) is 11.4 Å². The summed E-state index contributed by atoms with van der Waals surface area (Å²) in [4.78, 5) is 39.1. The molecule has 28 heavy (non-hydrogen) atoms. The number of para-hydroxylation sites is 2. The van der Waals surface area contributed by atoms with Crippen LogP contribution in [0.15, 0.2) is 53.4 Å². The Bertz CT molecular complexity index is 959. The van der Waals surface area contributed by atoms with Crippen LogP contribution in [0.25, 0.3) is 0 Å². The fourth-order valence-corrected chi connectivity index (χ4v) is 3.86. The highest BCUT2D eigenvalue weighted by atomic mass is 32.2. The molecule has 2 amide bonds. The molecule has 0 aliphatic carbocycles. The minimum absolute atomic E-state index is 0.131. The first kappa shape index (κ1) is 19.8. The molecule has 0 fully saturated rings. The van der Waals surface area contributed by atoms with E-state index in [0.717, 1.165) is 0 Å². The number of nitrogens with zero attached hydrogens (tertiary/aromatic N) is 1. The van der Waals surface area contributed by atoms with Crippen molar-refractivity contribution in [3.63, 3.8) is 0 Å². The summed E-state index contributed by atoms with van der Waals surface area (Å²) in [5, 5.41) is 2.77. The molecule has 1 aliphatic heterocycles. The lowest BCUT2D eigenvalue weighted by atomic mass is 10.1. The molecule has 2 atom stereocenters. The number of nitrogens with one attached hydrogen (secondary N) is 1. The van der Waals surface area contributed by atoms with Gasteiger partial charge in [-0.2, -0.15) is 0 Å². The highest BCUT2D eigenvalue weighted by Crippen LogP contribution is 2.31. The van der Waals surface area contributed by atoms with Crippen LogP contribution < -0.4 is 10.2 Å². The molecule has 146 valence electrons. The van der Waals surface area contributed by atoms with Crippen LogP contribution in [-0.2, 0) is 25.1 Å². The average molecular weight is 400 g/mol. The molecular formula is C20H20N2O5S. The Morgan fingerprint density at radius 2 is 1.86 bits per heavy atom. The Hall–Kier alpha value is -3.00. The predicted octanol–water partition coefficient (Wildman–Crippen LogP) is 2.34. The van der Waals surface area contributed by atoms with Gasteiger partial charge in [-0.05, 0) is 31.2 Å². The first-order chi connectivity index (χ1) is 13.4. The van der Waals surface area contributed by atoms with E-state index >= 15 is 0 Å². The zero-order valence-electron chi connectivity index (χ0n) is 15.5. The third-order valence-electron chi connectivity index (χ3n) is 4.37. The highest BCUT2D eigenvalue weighted by Gasteiger charge is 2.30. The van der Waals surface area contributed by atoms with E-state index in [0.29, 0.717) is 16.3 Å². The lowest BCUT2D eigenvalue weighted by Crippen LogP contribution is -2.41. The summed E-state index contributed by atoms with van der Waals surface area (Å²) in [5.41, 5.74) is 1.25. The van der Waals surface area contributed by atoms with Crippen LogP contribution in [0.1, 0.15) is 23.7 Å². The van der Waals surface area contributed by atoms with Crippen LogP contribution in [-0.4, -0.2) is 40.9 Å². The molecule has 1 heterocycles. The molecule has 0 saturated heterocycles. The van der Waals surface area contributed by atoms with E-state index in [9.17, 15) is 18.6 Å². The molecule has 2 aromatic carbocycles. The van der Waals surface area contributed by atoms with Crippen LogP contribution in [0.3, 0.4) is 0 Å². The smallest absolute Gasteiger partial charge is 0.339 e. The van der Waals surface area contributed by atoms with E-state index in [4.69, 9.17) is 4.74 Å². The van der Waals surface area contributed by atoms with Crippen molar-refractivity contribution < 1.29 is 23.3 Å². The van der Waals surface area contributed by atoms with Crippen molar-refractivity contribution >= 4 is 40.0 Å². The van der Waals surface area contributed by atoms with Gasteiger partial charge in [0.15, 0.2) is 6.61 Å². The van der Waals surface area contributed by atoms with Crippen molar-refractivity contribution in [3.8, 4) is 0 Å². The fourth-order valence-electron chi connectivity index (χ4n) is 3.13. The average Bonchev–Trinajstić information content (AvgIpc) is 2.80. The van der Waals surface area contributed by atoms with Crippen LogP contribution >= 0.6 is 0 Å². The van der Waals surface area contributed by atoms with Gasteiger partial charge in [0, 0.05) is 18.7 Å². The number of esters is 1. The Morgan fingerprint density at radius 1 is 1.18 bits per heavy atom. The van der Waals surface area contributed by atoms with E-state index in [1.807, 2.05) is 0 Å². The summed E-state index contributed by atoms with van der Waals surface area (Å²) in [6.07, 6.45) is 1.60. The topological polar surface area (TPSA) is 92.8 Å². The zero-order valence-corrected chi connectivity index (χ0v) is 16.3. The van der Waals surface area contributed by atoms with E-state index < -0.39 is 35.3 Å². The van der Waals surface area contributed by atoms with Gasteiger partial charge in [-0.3, -0.25) is 13.8 Å². The van der Waals surface area contributed by atoms with Crippen LogP contribution in [0.2, 0.25) is 0 Å². The highest BCUT2D eigenvalue weighted by molar-refractivity contribution is 7.84. The van der Waals surface area contributed by atoms with Gasteiger partial charge in [0.05, 0.1) is 32.6 Å². The van der Waals surface area contributed by atoms with Gasteiger partial charge in [0.1, 0.15) is 0 Å². The number of hydrogen-bond donors (Lipinski definition) is 1. The summed E-state index contributed by atoms with van der Waals surface area (Å²) in [6.45, 7) is 1.27. The van der Waals surface area contributed by atoms with Gasteiger partial charge < -0.3 is 15.0 Å². The zero-order chi connectivity index (χ0) is 20.3. The van der Waals surface area contributed by atoms with Crippen molar-refractivity contribution in [1.29, 1.82) is 0 Å². The third-order valence-corrected chi connectivity index (χ3v) is 5.35. The maximum absolute atomic E-state index is 12.8. The minimum atomic E-state index is -1.36. The second-order valence-corrected chi connectivity index (χ2v) is 7.76. The van der Waals surface area contributed by atoms with E-state index in [1.54, 1.807) is 49.4 Å². The van der Waals surface area contributed by atoms with Crippen molar-refractivity contribution in [3.05, 3.63) is 54.1 Å². The standard InChI is InChI=1S/C20H20N2O5S/c1-13-11-18(23)21-15-8-4-5-9-16(15)22(13)19(24)12-27-20(25)14-7-3-6-10-17(14)28(2)26/h3-10,13H,11-12H2,1-2H3,(H,21,23)/t13-,28+/m1/s1. The number of carbonyl (C=O) groups is 3. The summed E-state index contributed by atoms with van der Waals surface area (Å²) in [5.74, 6) is -1.35. The largest absolute Gasteiger partial charge is 0.452 e. The van der Waals surface area contributed by atoms with E-state index in [-0.39, 0.29) is 17.9 Å². The van der Waals surface area contributed by atoms with Gasteiger partial charge in [0.25, 0.3) is 5.91 Å². The second kappa shape index (κ2) is 8.35. The first-order valence-electron chi connectivity index (χ1n) is 8.69.